The van der Waals surface area contributed by atoms with Crippen molar-refractivity contribution < 1.29 is 26.4 Å². The first-order valence-electron chi connectivity index (χ1n) is 4.50. The molecule has 0 bridgehead atoms. The van der Waals surface area contributed by atoms with Crippen molar-refractivity contribution in [3.05, 3.63) is 29.1 Å². The zero-order chi connectivity index (χ0) is 13.4. The van der Waals surface area contributed by atoms with Crippen LogP contribution < -0.4 is 0 Å². The van der Waals surface area contributed by atoms with Crippen LogP contribution in [0.25, 0.3) is 0 Å². The molecule has 0 radical (unpaired) electrons. The molecule has 0 amide bonds. The Balaban J connectivity index is 3.53. The molecule has 0 saturated carbocycles. The van der Waals surface area contributed by atoms with Gasteiger partial charge in [0, 0.05) is 18.2 Å². The molecule has 1 rings (SSSR count). The number of sulfone groups is 1. The lowest BCUT2D eigenvalue weighted by Crippen LogP contribution is -2.10. The number of Topliss-reactive ketones (excluding diaryl/α,β-unsaturated/α-hetero) is 1. The summed E-state index contributed by atoms with van der Waals surface area (Å²) in [5, 5.41) is 0. The van der Waals surface area contributed by atoms with E-state index in [1.807, 2.05) is 0 Å². The summed E-state index contributed by atoms with van der Waals surface area (Å²) in [4.78, 5) is 9.42. The molecule has 0 aliphatic rings. The number of ketones is 1. The predicted octanol–water partition coefficient (Wildman–Crippen LogP) is 1.64. The highest BCUT2D eigenvalue weighted by Gasteiger charge is 2.25. The fraction of sp³-hybridized carbons (Fsp3) is 0.300. The van der Waals surface area contributed by atoms with Gasteiger partial charge in [0.15, 0.2) is 21.5 Å². The SMILES string of the molecule is CC(=O)Cc1cc(F)c(S(C)(=O)=O)c(F)c1F. The number of hydrogen-bond acceptors (Lipinski definition) is 3. The van der Waals surface area contributed by atoms with E-state index >= 15 is 0 Å². The van der Waals surface area contributed by atoms with Crippen molar-refractivity contribution in [2.24, 2.45) is 0 Å². The molecule has 94 valence electrons. The fourth-order valence-electron chi connectivity index (χ4n) is 1.36. The third-order valence-electron chi connectivity index (χ3n) is 2.00. The average molecular weight is 266 g/mol. The molecule has 0 fully saturated rings. The van der Waals surface area contributed by atoms with Gasteiger partial charge in [0.1, 0.15) is 16.5 Å². The van der Waals surface area contributed by atoms with Crippen molar-refractivity contribution in [2.45, 2.75) is 18.2 Å². The third kappa shape index (κ3) is 2.85. The minimum atomic E-state index is -4.21. The molecule has 17 heavy (non-hydrogen) atoms. The summed E-state index contributed by atoms with van der Waals surface area (Å²) in [6, 6.07) is 0.524. The summed E-state index contributed by atoms with van der Waals surface area (Å²) in [6.45, 7) is 1.12. The van der Waals surface area contributed by atoms with Gasteiger partial charge in [-0.25, -0.2) is 21.6 Å². The van der Waals surface area contributed by atoms with Crippen LogP contribution in [0.1, 0.15) is 12.5 Å². The van der Waals surface area contributed by atoms with Crippen molar-refractivity contribution in [3.8, 4) is 0 Å². The summed E-state index contributed by atoms with van der Waals surface area (Å²) < 4.78 is 62.2. The quantitative estimate of drug-likeness (QED) is 0.781. The lowest BCUT2D eigenvalue weighted by atomic mass is 10.1. The van der Waals surface area contributed by atoms with E-state index in [1.165, 1.54) is 0 Å². The van der Waals surface area contributed by atoms with Crippen LogP contribution in [-0.4, -0.2) is 20.5 Å². The number of carbonyl (C=O) groups excluding carboxylic acids is 1. The molecule has 3 nitrogen and oxygen atoms in total. The van der Waals surface area contributed by atoms with E-state index in [0.29, 0.717) is 12.3 Å². The molecule has 0 aliphatic carbocycles. The molecule has 0 aromatic heterocycles. The molecular formula is C10H9F3O3S. The molecule has 0 aliphatic heterocycles. The lowest BCUT2D eigenvalue weighted by molar-refractivity contribution is -0.116. The maximum absolute atomic E-state index is 13.4. The second-order valence-electron chi connectivity index (χ2n) is 3.63. The Hall–Kier alpha value is -1.37. The van der Waals surface area contributed by atoms with Gasteiger partial charge in [0.2, 0.25) is 0 Å². The first-order valence-corrected chi connectivity index (χ1v) is 6.39. The summed E-state index contributed by atoms with van der Waals surface area (Å²) in [7, 11) is -4.21. The Labute approximate surface area is 96.2 Å². The second-order valence-corrected chi connectivity index (χ2v) is 5.58. The highest BCUT2D eigenvalue weighted by Crippen LogP contribution is 2.24. The number of benzene rings is 1. The highest BCUT2D eigenvalue weighted by molar-refractivity contribution is 7.90. The number of carbonyl (C=O) groups is 1. The van der Waals surface area contributed by atoms with Gasteiger partial charge in [-0.15, -0.1) is 0 Å². The third-order valence-corrected chi connectivity index (χ3v) is 3.12. The topological polar surface area (TPSA) is 51.2 Å². The zero-order valence-corrected chi connectivity index (χ0v) is 9.87. The van der Waals surface area contributed by atoms with Gasteiger partial charge in [0.05, 0.1) is 0 Å². The minimum Gasteiger partial charge on any atom is -0.300 e. The molecule has 0 N–H and O–H groups in total. The molecular weight excluding hydrogens is 257 g/mol. The van der Waals surface area contributed by atoms with Crippen LogP contribution in [-0.2, 0) is 21.1 Å². The van der Waals surface area contributed by atoms with Gasteiger partial charge in [0.25, 0.3) is 0 Å². The molecule has 7 heteroatoms. The van der Waals surface area contributed by atoms with Gasteiger partial charge in [-0.3, -0.25) is 4.79 Å². The summed E-state index contributed by atoms with van der Waals surface area (Å²) in [6.07, 6.45) is 0.0717. The van der Waals surface area contributed by atoms with Gasteiger partial charge in [-0.2, -0.15) is 0 Å². The maximum atomic E-state index is 13.4. The Morgan fingerprint density at radius 1 is 1.24 bits per heavy atom. The molecule has 0 heterocycles. The predicted molar refractivity (Wildman–Crippen MR) is 53.8 cm³/mol. The first-order chi connectivity index (χ1) is 7.64. The largest absolute Gasteiger partial charge is 0.300 e. The van der Waals surface area contributed by atoms with E-state index in [4.69, 9.17) is 0 Å². The Morgan fingerprint density at radius 2 is 1.76 bits per heavy atom. The van der Waals surface area contributed by atoms with Crippen LogP contribution in [0.5, 0.6) is 0 Å². The van der Waals surface area contributed by atoms with Crippen molar-refractivity contribution >= 4 is 15.6 Å². The van der Waals surface area contributed by atoms with Gasteiger partial charge in [-0.1, -0.05) is 0 Å². The molecule has 0 saturated heterocycles. The lowest BCUT2D eigenvalue weighted by Gasteiger charge is -2.07. The van der Waals surface area contributed by atoms with E-state index in [0.717, 1.165) is 6.92 Å². The van der Waals surface area contributed by atoms with E-state index in [1.54, 1.807) is 0 Å². The van der Waals surface area contributed by atoms with Crippen molar-refractivity contribution in [1.82, 2.24) is 0 Å². The van der Waals surface area contributed by atoms with Crippen LogP contribution in [0.2, 0.25) is 0 Å². The Morgan fingerprint density at radius 3 is 2.18 bits per heavy atom. The van der Waals surface area contributed by atoms with E-state index in [9.17, 15) is 26.4 Å². The number of halogens is 3. The molecule has 0 atom stereocenters. The van der Waals surface area contributed by atoms with Gasteiger partial charge < -0.3 is 0 Å². The Kier molecular flexibility index (Phi) is 3.61. The second kappa shape index (κ2) is 4.48. The number of rotatable bonds is 3. The smallest absolute Gasteiger partial charge is 0.181 e. The highest BCUT2D eigenvalue weighted by atomic mass is 32.2. The molecule has 0 unspecified atom stereocenters. The Bertz CT molecular complexity index is 579. The normalized spacial score (nSPS) is 11.6. The summed E-state index contributed by atoms with van der Waals surface area (Å²) in [5.41, 5.74) is -0.500. The first kappa shape index (κ1) is 13.7. The zero-order valence-electron chi connectivity index (χ0n) is 9.05. The van der Waals surface area contributed by atoms with Gasteiger partial charge in [-0.05, 0) is 13.0 Å². The monoisotopic (exact) mass is 266 g/mol. The maximum Gasteiger partial charge on any atom is 0.181 e. The van der Waals surface area contributed by atoms with Crippen LogP contribution in [0.15, 0.2) is 11.0 Å². The minimum absolute atomic E-state index is 0.491. The molecule has 1 aromatic rings. The average Bonchev–Trinajstić information content (AvgIpc) is 2.10. The van der Waals surface area contributed by atoms with Crippen molar-refractivity contribution in [3.63, 3.8) is 0 Å². The van der Waals surface area contributed by atoms with Crippen LogP contribution in [0, 0.1) is 17.5 Å². The van der Waals surface area contributed by atoms with E-state index in [2.05, 4.69) is 0 Å². The van der Waals surface area contributed by atoms with E-state index < -0.39 is 50.0 Å². The van der Waals surface area contributed by atoms with Crippen molar-refractivity contribution in [1.29, 1.82) is 0 Å². The molecule has 1 aromatic carbocycles. The van der Waals surface area contributed by atoms with Gasteiger partial charge >= 0.3 is 0 Å². The summed E-state index contributed by atoms with van der Waals surface area (Å²) in [5.74, 6) is -5.19. The van der Waals surface area contributed by atoms with Crippen LogP contribution in [0.3, 0.4) is 0 Å². The standard InChI is InChI=1S/C10H9F3O3S/c1-5(14)3-6-4-7(11)10(17(2,15)16)9(13)8(6)12/h4H,3H2,1-2H3. The fourth-order valence-corrected chi connectivity index (χ4v) is 2.19. The number of hydrogen-bond donors (Lipinski definition) is 0. The van der Waals surface area contributed by atoms with Crippen LogP contribution in [0.4, 0.5) is 13.2 Å². The summed E-state index contributed by atoms with van der Waals surface area (Å²) >= 11 is 0. The molecule has 0 spiro atoms. The van der Waals surface area contributed by atoms with Crippen molar-refractivity contribution in [2.75, 3.05) is 6.26 Å². The van der Waals surface area contributed by atoms with E-state index in [-0.39, 0.29) is 0 Å². The van der Waals surface area contributed by atoms with Crippen LogP contribution >= 0.6 is 0 Å².